The van der Waals surface area contributed by atoms with Crippen LogP contribution in [-0.4, -0.2) is 15.8 Å². The molecule has 0 unspecified atom stereocenters. The molecule has 0 radical (unpaired) electrons. The number of hydrogen-bond donors (Lipinski definition) is 2. The van der Waals surface area contributed by atoms with E-state index in [1.807, 2.05) is 0 Å². The highest BCUT2D eigenvalue weighted by molar-refractivity contribution is 6.12. The van der Waals surface area contributed by atoms with Crippen molar-refractivity contribution >= 4 is 17.2 Å². The number of carbonyl (C=O) groups is 1. The summed E-state index contributed by atoms with van der Waals surface area (Å²) in [5.74, 6) is -0.573. The first-order valence-electron chi connectivity index (χ1n) is 5.37. The van der Waals surface area contributed by atoms with Crippen molar-refractivity contribution in [3.63, 3.8) is 0 Å². The number of nitro benzene ring substituents is 1. The van der Waals surface area contributed by atoms with Gasteiger partial charge in [0.2, 0.25) is 0 Å². The van der Waals surface area contributed by atoms with Crippen LogP contribution in [0.3, 0.4) is 0 Å². The smallest absolute Gasteiger partial charge is 0.269 e. The number of anilines is 1. The van der Waals surface area contributed by atoms with Crippen molar-refractivity contribution in [2.24, 2.45) is 0 Å². The Morgan fingerprint density at radius 1 is 1.16 bits per heavy atom. The van der Waals surface area contributed by atoms with E-state index in [1.54, 1.807) is 0 Å². The lowest BCUT2D eigenvalue weighted by molar-refractivity contribution is -0.384. The standard InChI is InChI=1S/C13H10N2O4/c14-12-10(2-1-3-11(12)16)13(17)8-4-6-9(7-5-8)15(18)19/h1-7,16H,14H2. The molecular formula is C13H10N2O4. The molecule has 0 aromatic heterocycles. The average Bonchev–Trinajstić information content (AvgIpc) is 2.41. The number of phenols is 1. The number of nitro groups is 1. The van der Waals surface area contributed by atoms with E-state index in [0.717, 1.165) is 0 Å². The third-order valence-electron chi connectivity index (χ3n) is 2.67. The summed E-state index contributed by atoms with van der Waals surface area (Å²) in [6, 6.07) is 9.55. The minimum atomic E-state index is -0.545. The summed E-state index contributed by atoms with van der Waals surface area (Å²) in [4.78, 5) is 22.1. The van der Waals surface area contributed by atoms with E-state index < -0.39 is 10.7 Å². The number of nitrogens with two attached hydrogens (primary N) is 1. The molecule has 0 spiro atoms. The normalized spacial score (nSPS) is 10.1. The van der Waals surface area contributed by atoms with Crippen LogP contribution in [-0.2, 0) is 0 Å². The number of nitrogens with zero attached hydrogens (tertiary/aromatic N) is 1. The van der Waals surface area contributed by atoms with Crippen LogP contribution in [0.2, 0.25) is 0 Å². The number of aromatic hydroxyl groups is 1. The molecule has 0 atom stereocenters. The molecule has 0 saturated carbocycles. The highest BCUT2D eigenvalue weighted by atomic mass is 16.6. The van der Waals surface area contributed by atoms with E-state index in [0.29, 0.717) is 0 Å². The fourth-order valence-electron chi connectivity index (χ4n) is 1.64. The number of non-ortho nitro benzene ring substituents is 1. The van der Waals surface area contributed by atoms with Crippen molar-refractivity contribution in [2.45, 2.75) is 0 Å². The van der Waals surface area contributed by atoms with Gasteiger partial charge in [0.1, 0.15) is 5.75 Å². The minimum Gasteiger partial charge on any atom is -0.506 e. The van der Waals surface area contributed by atoms with Gasteiger partial charge in [-0.05, 0) is 24.3 Å². The maximum Gasteiger partial charge on any atom is 0.269 e. The van der Waals surface area contributed by atoms with Crippen LogP contribution in [0.5, 0.6) is 5.75 Å². The van der Waals surface area contributed by atoms with Crippen LogP contribution in [0.25, 0.3) is 0 Å². The lowest BCUT2D eigenvalue weighted by Gasteiger charge is -2.06. The highest BCUT2D eigenvalue weighted by Gasteiger charge is 2.15. The summed E-state index contributed by atoms with van der Waals surface area (Å²) in [6.07, 6.45) is 0. The third-order valence-corrected chi connectivity index (χ3v) is 2.67. The number of carbonyl (C=O) groups excluding carboxylic acids is 1. The van der Waals surface area contributed by atoms with Gasteiger partial charge in [0, 0.05) is 23.3 Å². The van der Waals surface area contributed by atoms with E-state index in [4.69, 9.17) is 5.73 Å². The summed E-state index contributed by atoms with van der Waals surface area (Å²) >= 11 is 0. The van der Waals surface area contributed by atoms with Crippen LogP contribution in [0.1, 0.15) is 15.9 Å². The van der Waals surface area contributed by atoms with Crippen molar-refractivity contribution in [3.8, 4) is 5.75 Å². The number of phenolic OH excluding ortho intramolecular Hbond substituents is 1. The van der Waals surface area contributed by atoms with E-state index in [-0.39, 0.29) is 28.3 Å². The van der Waals surface area contributed by atoms with Gasteiger partial charge in [0.05, 0.1) is 10.6 Å². The Labute approximate surface area is 108 Å². The van der Waals surface area contributed by atoms with Crippen molar-refractivity contribution in [1.82, 2.24) is 0 Å². The molecule has 6 heteroatoms. The molecule has 0 aliphatic heterocycles. The van der Waals surface area contributed by atoms with Gasteiger partial charge in [-0.2, -0.15) is 0 Å². The molecular weight excluding hydrogens is 248 g/mol. The molecule has 0 amide bonds. The minimum absolute atomic E-state index is 0.00847. The van der Waals surface area contributed by atoms with Crippen LogP contribution >= 0.6 is 0 Å². The lowest BCUT2D eigenvalue weighted by Crippen LogP contribution is -2.05. The van der Waals surface area contributed by atoms with Gasteiger partial charge in [0.25, 0.3) is 5.69 Å². The number of ketones is 1. The van der Waals surface area contributed by atoms with E-state index in [9.17, 15) is 20.0 Å². The van der Waals surface area contributed by atoms with Gasteiger partial charge >= 0.3 is 0 Å². The molecule has 0 heterocycles. The molecule has 0 aliphatic carbocycles. The first-order valence-corrected chi connectivity index (χ1v) is 5.37. The second kappa shape index (κ2) is 4.77. The summed E-state index contributed by atoms with van der Waals surface area (Å²) < 4.78 is 0. The van der Waals surface area contributed by atoms with Crippen LogP contribution in [0.15, 0.2) is 42.5 Å². The van der Waals surface area contributed by atoms with Gasteiger partial charge < -0.3 is 10.8 Å². The number of rotatable bonds is 3. The summed E-state index contributed by atoms with van der Waals surface area (Å²) in [6.45, 7) is 0. The zero-order valence-electron chi connectivity index (χ0n) is 9.74. The number of para-hydroxylation sites is 1. The molecule has 6 nitrogen and oxygen atoms in total. The molecule has 0 fully saturated rings. The summed E-state index contributed by atoms with van der Waals surface area (Å²) in [5.41, 5.74) is 5.94. The maximum absolute atomic E-state index is 12.1. The van der Waals surface area contributed by atoms with Crippen molar-refractivity contribution < 1.29 is 14.8 Å². The molecule has 96 valence electrons. The molecule has 2 aromatic carbocycles. The van der Waals surface area contributed by atoms with Gasteiger partial charge in [-0.25, -0.2) is 0 Å². The molecule has 3 N–H and O–H groups in total. The lowest BCUT2D eigenvalue weighted by atomic mass is 10.0. The largest absolute Gasteiger partial charge is 0.506 e. The van der Waals surface area contributed by atoms with Crippen molar-refractivity contribution in [2.75, 3.05) is 5.73 Å². The van der Waals surface area contributed by atoms with Gasteiger partial charge in [-0.15, -0.1) is 0 Å². The predicted molar refractivity (Wildman–Crippen MR) is 69.0 cm³/mol. The Hall–Kier alpha value is -2.89. The van der Waals surface area contributed by atoms with Crippen LogP contribution < -0.4 is 5.73 Å². The Morgan fingerprint density at radius 3 is 2.37 bits per heavy atom. The van der Waals surface area contributed by atoms with E-state index >= 15 is 0 Å². The third kappa shape index (κ3) is 2.37. The Balaban J connectivity index is 2.39. The Morgan fingerprint density at radius 2 is 1.79 bits per heavy atom. The van der Waals surface area contributed by atoms with Crippen LogP contribution in [0, 0.1) is 10.1 Å². The number of hydrogen-bond acceptors (Lipinski definition) is 5. The van der Waals surface area contributed by atoms with E-state index in [2.05, 4.69) is 0 Å². The molecule has 0 bridgehead atoms. The molecule has 0 saturated heterocycles. The first-order chi connectivity index (χ1) is 9.00. The fraction of sp³-hybridized carbons (Fsp3) is 0. The molecule has 19 heavy (non-hydrogen) atoms. The topological polar surface area (TPSA) is 106 Å². The average molecular weight is 258 g/mol. The van der Waals surface area contributed by atoms with Crippen LogP contribution in [0.4, 0.5) is 11.4 Å². The first kappa shape index (κ1) is 12.6. The highest BCUT2D eigenvalue weighted by Crippen LogP contribution is 2.26. The predicted octanol–water partition coefficient (Wildman–Crippen LogP) is 2.11. The SMILES string of the molecule is Nc1c(O)cccc1C(=O)c1ccc([N+](=O)[O-])cc1. The zero-order chi connectivity index (χ0) is 14.0. The zero-order valence-corrected chi connectivity index (χ0v) is 9.74. The second-order valence-electron chi connectivity index (χ2n) is 3.87. The van der Waals surface area contributed by atoms with Gasteiger partial charge in [-0.3, -0.25) is 14.9 Å². The van der Waals surface area contributed by atoms with Crippen molar-refractivity contribution in [3.05, 3.63) is 63.7 Å². The number of nitrogen functional groups attached to an aromatic ring is 1. The monoisotopic (exact) mass is 258 g/mol. The Bertz CT molecular complexity index is 650. The van der Waals surface area contributed by atoms with Crippen molar-refractivity contribution in [1.29, 1.82) is 0 Å². The number of benzene rings is 2. The Kier molecular flexibility index (Phi) is 3.15. The van der Waals surface area contributed by atoms with E-state index in [1.165, 1.54) is 42.5 Å². The molecule has 2 rings (SSSR count). The molecule has 2 aromatic rings. The fourth-order valence-corrected chi connectivity index (χ4v) is 1.64. The molecule has 0 aliphatic rings. The second-order valence-corrected chi connectivity index (χ2v) is 3.87. The van der Waals surface area contributed by atoms with Gasteiger partial charge in [0.15, 0.2) is 5.78 Å². The van der Waals surface area contributed by atoms with Gasteiger partial charge in [-0.1, -0.05) is 6.07 Å². The summed E-state index contributed by atoms with van der Waals surface area (Å²) in [5, 5.41) is 20.0. The quantitative estimate of drug-likeness (QED) is 0.288. The summed E-state index contributed by atoms with van der Waals surface area (Å²) in [7, 11) is 0. The maximum atomic E-state index is 12.1.